The van der Waals surface area contributed by atoms with Crippen LogP contribution < -0.4 is 5.32 Å². The lowest BCUT2D eigenvalue weighted by molar-refractivity contribution is -0.136. The van der Waals surface area contributed by atoms with Gasteiger partial charge in [0.2, 0.25) is 0 Å². The highest BCUT2D eigenvalue weighted by molar-refractivity contribution is 6.32. The maximum atomic E-state index is 13.9. The van der Waals surface area contributed by atoms with Crippen LogP contribution in [0.1, 0.15) is 86.6 Å². The molecule has 222 valence electrons. The van der Waals surface area contributed by atoms with Crippen LogP contribution in [0.4, 0.5) is 0 Å². The number of ketones is 2. The van der Waals surface area contributed by atoms with Crippen molar-refractivity contribution in [2.75, 3.05) is 6.54 Å². The molecule has 1 aliphatic rings. The molecule has 44 heavy (non-hydrogen) atoms. The van der Waals surface area contributed by atoms with E-state index in [1.165, 1.54) is 43.0 Å². The molecule has 0 heterocycles. The molecule has 0 atom stereocenters. The van der Waals surface area contributed by atoms with Gasteiger partial charge in [0.1, 0.15) is 0 Å². The van der Waals surface area contributed by atoms with E-state index in [1.807, 2.05) is 54.6 Å². The Bertz CT molecular complexity index is 1650. The van der Waals surface area contributed by atoms with E-state index in [2.05, 4.69) is 17.4 Å². The quantitative estimate of drug-likeness (QED) is 0.138. The summed E-state index contributed by atoms with van der Waals surface area (Å²) in [5, 5.41) is 11.4. The van der Waals surface area contributed by atoms with Gasteiger partial charge >= 0.3 is 5.97 Å². The average molecular weight is 586 g/mol. The van der Waals surface area contributed by atoms with Gasteiger partial charge in [-0.2, -0.15) is 0 Å². The number of allylic oxidation sites excluding steroid dienone is 2. The van der Waals surface area contributed by atoms with Gasteiger partial charge in [-0.1, -0.05) is 110 Å². The van der Waals surface area contributed by atoms with Crippen molar-refractivity contribution in [2.45, 2.75) is 44.4 Å². The molecule has 0 aliphatic heterocycles. The second kappa shape index (κ2) is 14.4. The van der Waals surface area contributed by atoms with Crippen molar-refractivity contribution in [3.63, 3.8) is 0 Å². The van der Waals surface area contributed by atoms with E-state index in [4.69, 9.17) is 5.11 Å². The number of hydrogen-bond acceptors (Lipinski definition) is 4. The molecule has 4 aromatic rings. The van der Waals surface area contributed by atoms with Gasteiger partial charge in [-0.25, -0.2) is 0 Å². The first-order valence-corrected chi connectivity index (χ1v) is 15.1. The molecule has 6 nitrogen and oxygen atoms in total. The highest BCUT2D eigenvalue weighted by Crippen LogP contribution is 2.33. The molecule has 0 unspecified atom stereocenters. The minimum atomic E-state index is -1.00. The van der Waals surface area contributed by atoms with E-state index < -0.39 is 11.9 Å². The van der Waals surface area contributed by atoms with Crippen molar-refractivity contribution < 1.29 is 24.3 Å². The van der Waals surface area contributed by atoms with Crippen molar-refractivity contribution in [1.29, 1.82) is 0 Å². The molecule has 1 saturated carbocycles. The molecule has 1 fully saturated rings. The number of carboxylic acid groups (broad SMARTS) is 1. The smallest absolute Gasteiger partial charge is 0.305 e. The van der Waals surface area contributed by atoms with Crippen LogP contribution in [0.25, 0.3) is 16.7 Å². The fourth-order valence-electron chi connectivity index (χ4n) is 5.64. The number of benzene rings is 4. The number of carbonyl (C=O) groups is 4. The standard InChI is InChI=1S/C38H35NO5/c40-35(31-17-13-29(14-18-31)27-9-5-2-6-10-27)25-34(30-15-11-28(12-16-30)26-7-3-1-4-8-26)37(43)32-19-21-33(22-20-32)38(44)39-24-23-36(41)42/h2,5-6,9-22,25-26H,1,3-4,7-8,23-24H2,(H,39,44)(H,41,42). The maximum Gasteiger partial charge on any atom is 0.305 e. The summed E-state index contributed by atoms with van der Waals surface area (Å²) >= 11 is 0. The number of aliphatic carboxylic acids is 1. The van der Waals surface area contributed by atoms with Gasteiger partial charge < -0.3 is 10.4 Å². The van der Waals surface area contributed by atoms with Crippen LogP contribution in [-0.2, 0) is 4.79 Å². The molecule has 0 bridgehead atoms. The number of carboxylic acids is 1. The van der Waals surface area contributed by atoms with Gasteiger partial charge in [-0.3, -0.25) is 19.2 Å². The van der Waals surface area contributed by atoms with Crippen LogP contribution in [-0.4, -0.2) is 35.1 Å². The minimum Gasteiger partial charge on any atom is -0.481 e. The second-order valence-corrected chi connectivity index (χ2v) is 11.1. The van der Waals surface area contributed by atoms with Crippen molar-refractivity contribution in [1.82, 2.24) is 5.32 Å². The van der Waals surface area contributed by atoms with Crippen LogP contribution in [0.5, 0.6) is 0 Å². The van der Waals surface area contributed by atoms with Crippen LogP contribution in [0.3, 0.4) is 0 Å². The Morgan fingerprint density at radius 3 is 1.86 bits per heavy atom. The van der Waals surface area contributed by atoms with E-state index in [0.717, 1.165) is 24.0 Å². The van der Waals surface area contributed by atoms with E-state index in [1.54, 1.807) is 24.3 Å². The monoisotopic (exact) mass is 585 g/mol. The van der Waals surface area contributed by atoms with Gasteiger partial charge in [0, 0.05) is 28.8 Å². The summed E-state index contributed by atoms with van der Waals surface area (Å²) in [7, 11) is 0. The van der Waals surface area contributed by atoms with Crippen molar-refractivity contribution in [3.05, 3.63) is 137 Å². The highest BCUT2D eigenvalue weighted by Gasteiger charge is 2.20. The Kier molecular flexibility index (Phi) is 9.92. The van der Waals surface area contributed by atoms with Gasteiger partial charge in [-0.05, 0) is 59.2 Å². The number of rotatable bonds is 11. The Labute approximate surface area is 257 Å². The Balaban J connectivity index is 1.41. The Morgan fingerprint density at radius 1 is 0.659 bits per heavy atom. The first-order valence-electron chi connectivity index (χ1n) is 15.1. The zero-order valence-electron chi connectivity index (χ0n) is 24.5. The average Bonchev–Trinajstić information content (AvgIpc) is 3.07. The molecule has 2 N–H and O–H groups in total. The van der Waals surface area contributed by atoms with E-state index >= 15 is 0 Å². The molecule has 5 rings (SSSR count). The number of hydrogen-bond donors (Lipinski definition) is 2. The fraction of sp³-hybridized carbons (Fsp3) is 0.211. The zero-order valence-corrected chi connectivity index (χ0v) is 24.5. The summed E-state index contributed by atoms with van der Waals surface area (Å²) in [6.07, 6.45) is 7.26. The minimum absolute atomic E-state index is 0.00697. The summed E-state index contributed by atoms with van der Waals surface area (Å²) in [6.45, 7) is 0.00697. The van der Waals surface area contributed by atoms with E-state index in [0.29, 0.717) is 28.2 Å². The lowest BCUT2D eigenvalue weighted by Gasteiger charge is -2.22. The Hall–Kier alpha value is -5.10. The number of nitrogens with one attached hydrogen (secondary N) is 1. The third-order valence-corrected chi connectivity index (χ3v) is 8.13. The summed E-state index contributed by atoms with van der Waals surface area (Å²) < 4.78 is 0. The first-order chi connectivity index (χ1) is 21.4. The number of Topliss-reactive ketones (excluding diaryl/α,β-unsaturated/α-hetero) is 1. The summed E-state index contributed by atoms with van der Waals surface area (Å²) in [5.41, 5.74) is 5.34. The third kappa shape index (κ3) is 7.64. The SMILES string of the molecule is O=C(O)CCNC(=O)c1ccc(C(=O)C(=CC(=O)c2ccc(-c3ccccc3)cc2)c2ccc(C3CCCCC3)cc2)cc1. The fourth-order valence-corrected chi connectivity index (χ4v) is 5.64. The first kappa shape index (κ1) is 30.4. The van der Waals surface area contributed by atoms with Crippen LogP contribution in [0, 0.1) is 0 Å². The molecule has 0 saturated heterocycles. The molecule has 0 spiro atoms. The summed E-state index contributed by atoms with van der Waals surface area (Å²) in [5.74, 6) is -1.52. The Morgan fingerprint density at radius 2 is 1.23 bits per heavy atom. The topological polar surface area (TPSA) is 101 Å². The predicted molar refractivity (Wildman–Crippen MR) is 172 cm³/mol. The van der Waals surface area contributed by atoms with Gasteiger partial charge in [0.05, 0.1) is 6.42 Å². The van der Waals surface area contributed by atoms with E-state index in [9.17, 15) is 19.2 Å². The van der Waals surface area contributed by atoms with E-state index in [-0.39, 0.29) is 30.1 Å². The number of amides is 1. The largest absolute Gasteiger partial charge is 0.481 e. The van der Waals surface area contributed by atoms with Crippen LogP contribution in [0.15, 0.2) is 109 Å². The molecule has 4 aromatic carbocycles. The third-order valence-electron chi connectivity index (χ3n) is 8.13. The normalized spacial score (nSPS) is 13.7. The summed E-state index contributed by atoms with van der Waals surface area (Å²) in [4.78, 5) is 50.5. The predicted octanol–water partition coefficient (Wildman–Crippen LogP) is 7.76. The molecule has 1 aliphatic carbocycles. The van der Waals surface area contributed by atoms with Gasteiger partial charge in [-0.15, -0.1) is 0 Å². The molecular weight excluding hydrogens is 550 g/mol. The van der Waals surface area contributed by atoms with Crippen molar-refractivity contribution in [2.24, 2.45) is 0 Å². The zero-order chi connectivity index (χ0) is 30.9. The molecule has 0 radical (unpaired) electrons. The molecular formula is C38H35NO5. The van der Waals surface area contributed by atoms with Crippen LogP contribution >= 0.6 is 0 Å². The molecule has 1 amide bonds. The second-order valence-electron chi connectivity index (χ2n) is 11.1. The van der Waals surface area contributed by atoms with Crippen molar-refractivity contribution in [3.8, 4) is 11.1 Å². The lowest BCUT2D eigenvalue weighted by atomic mass is 9.83. The number of carbonyl (C=O) groups excluding carboxylic acids is 3. The van der Waals surface area contributed by atoms with Crippen molar-refractivity contribution >= 4 is 29.0 Å². The van der Waals surface area contributed by atoms with Gasteiger partial charge in [0.15, 0.2) is 11.6 Å². The lowest BCUT2D eigenvalue weighted by Crippen LogP contribution is -2.26. The van der Waals surface area contributed by atoms with Crippen LogP contribution in [0.2, 0.25) is 0 Å². The van der Waals surface area contributed by atoms with Gasteiger partial charge in [0.25, 0.3) is 5.91 Å². The summed E-state index contributed by atoms with van der Waals surface area (Å²) in [6, 6.07) is 31.4. The molecule has 0 aromatic heterocycles. The maximum absolute atomic E-state index is 13.9. The highest BCUT2D eigenvalue weighted by atomic mass is 16.4. The molecule has 6 heteroatoms.